The minimum Gasteiger partial charge on any atom is -0.394 e. The SMILES string of the molecule is Cc1nnnn1-c1cc(C(=O)NC(C)CO)cc(-c2ccc(Cl)cc2F)c1. The van der Waals surface area contributed by atoms with Crippen molar-refractivity contribution in [3.05, 3.63) is 58.6 Å². The number of rotatable bonds is 5. The summed E-state index contributed by atoms with van der Waals surface area (Å²) in [6, 6.07) is 8.74. The summed E-state index contributed by atoms with van der Waals surface area (Å²) < 4.78 is 15.9. The largest absolute Gasteiger partial charge is 0.394 e. The van der Waals surface area contributed by atoms with Gasteiger partial charge in [-0.3, -0.25) is 4.79 Å². The van der Waals surface area contributed by atoms with Crippen molar-refractivity contribution in [1.29, 1.82) is 0 Å². The van der Waals surface area contributed by atoms with Crippen LogP contribution in [0.15, 0.2) is 36.4 Å². The van der Waals surface area contributed by atoms with E-state index in [-0.39, 0.29) is 22.8 Å². The predicted molar refractivity (Wildman–Crippen MR) is 98.3 cm³/mol. The molecule has 3 rings (SSSR count). The molecule has 1 atom stereocenters. The molecule has 0 saturated heterocycles. The van der Waals surface area contributed by atoms with Gasteiger partial charge in [-0.15, -0.1) is 5.10 Å². The number of hydrogen-bond acceptors (Lipinski definition) is 5. The molecule has 0 fully saturated rings. The Morgan fingerprint density at radius 1 is 1.33 bits per heavy atom. The van der Waals surface area contributed by atoms with Gasteiger partial charge in [0.05, 0.1) is 12.3 Å². The zero-order valence-corrected chi connectivity index (χ0v) is 15.4. The molecule has 2 aromatic carbocycles. The van der Waals surface area contributed by atoms with Crippen LogP contribution in [0.2, 0.25) is 5.02 Å². The lowest BCUT2D eigenvalue weighted by molar-refractivity contribution is 0.0922. The van der Waals surface area contributed by atoms with Gasteiger partial charge in [0.15, 0.2) is 5.82 Å². The number of carbonyl (C=O) groups excluding carboxylic acids is 1. The fourth-order valence-corrected chi connectivity index (χ4v) is 2.73. The van der Waals surface area contributed by atoms with E-state index in [1.807, 2.05) is 0 Å². The second-order valence-electron chi connectivity index (χ2n) is 6.09. The summed E-state index contributed by atoms with van der Waals surface area (Å²) in [5.41, 5.74) is 1.55. The molecule has 0 radical (unpaired) electrons. The second-order valence-corrected chi connectivity index (χ2v) is 6.52. The molecule has 3 aromatic rings. The number of hydrogen-bond donors (Lipinski definition) is 2. The first-order valence-corrected chi connectivity index (χ1v) is 8.54. The normalized spacial score (nSPS) is 12.0. The van der Waals surface area contributed by atoms with Crippen LogP contribution in [0.3, 0.4) is 0 Å². The number of amides is 1. The topological polar surface area (TPSA) is 92.9 Å². The molecule has 1 unspecified atom stereocenters. The van der Waals surface area contributed by atoms with Crippen LogP contribution in [0.4, 0.5) is 4.39 Å². The van der Waals surface area contributed by atoms with Gasteiger partial charge >= 0.3 is 0 Å². The van der Waals surface area contributed by atoms with Crippen molar-refractivity contribution < 1.29 is 14.3 Å². The first-order valence-electron chi connectivity index (χ1n) is 8.16. The molecule has 0 aliphatic carbocycles. The van der Waals surface area contributed by atoms with Gasteiger partial charge < -0.3 is 10.4 Å². The van der Waals surface area contributed by atoms with Crippen molar-refractivity contribution in [2.75, 3.05) is 6.61 Å². The fourth-order valence-electron chi connectivity index (χ4n) is 2.57. The standard InChI is InChI=1S/C18H17ClFN5O2/c1-10(9-26)21-18(27)13-5-12(16-4-3-14(19)8-17(16)20)6-15(7-13)25-11(2)22-23-24-25/h3-8,10,26H,9H2,1-2H3,(H,21,27). The highest BCUT2D eigenvalue weighted by molar-refractivity contribution is 6.30. The predicted octanol–water partition coefficient (Wildman–Crippen LogP) is 2.54. The summed E-state index contributed by atoms with van der Waals surface area (Å²) in [5, 5.41) is 23.5. The van der Waals surface area contributed by atoms with Gasteiger partial charge in [-0.2, -0.15) is 4.68 Å². The summed E-state index contributed by atoms with van der Waals surface area (Å²) in [4.78, 5) is 12.5. The fraction of sp³-hybridized carbons (Fsp3) is 0.222. The van der Waals surface area contributed by atoms with E-state index < -0.39 is 17.8 Å². The number of halogens is 2. The van der Waals surface area contributed by atoms with Gasteiger partial charge in [-0.05, 0) is 66.2 Å². The third-order valence-corrected chi connectivity index (χ3v) is 4.18. The van der Waals surface area contributed by atoms with Crippen LogP contribution in [0.1, 0.15) is 23.1 Å². The van der Waals surface area contributed by atoms with Crippen LogP contribution >= 0.6 is 11.6 Å². The van der Waals surface area contributed by atoms with E-state index in [4.69, 9.17) is 16.7 Å². The number of aromatic nitrogens is 4. The number of benzene rings is 2. The van der Waals surface area contributed by atoms with Crippen molar-refractivity contribution in [2.45, 2.75) is 19.9 Å². The van der Waals surface area contributed by atoms with Crippen LogP contribution < -0.4 is 5.32 Å². The zero-order valence-electron chi connectivity index (χ0n) is 14.6. The minimum absolute atomic E-state index is 0.198. The van der Waals surface area contributed by atoms with Crippen LogP contribution in [0, 0.1) is 12.7 Å². The molecule has 0 aliphatic heterocycles. The zero-order chi connectivity index (χ0) is 19.6. The maximum Gasteiger partial charge on any atom is 0.251 e. The van der Waals surface area contributed by atoms with Gasteiger partial charge in [-0.25, -0.2) is 4.39 Å². The van der Waals surface area contributed by atoms with Gasteiger partial charge in [-0.1, -0.05) is 11.6 Å². The number of aryl methyl sites for hydroxylation is 1. The Labute approximate surface area is 159 Å². The molecule has 9 heteroatoms. The molecule has 140 valence electrons. The summed E-state index contributed by atoms with van der Waals surface area (Å²) in [7, 11) is 0. The number of tetrazole rings is 1. The van der Waals surface area contributed by atoms with Crippen molar-refractivity contribution in [3.8, 4) is 16.8 Å². The Bertz CT molecular complexity index is 992. The Hall–Kier alpha value is -2.84. The number of aliphatic hydroxyl groups excluding tert-OH is 1. The number of nitrogens with one attached hydrogen (secondary N) is 1. The summed E-state index contributed by atoms with van der Waals surface area (Å²) >= 11 is 5.83. The van der Waals surface area contributed by atoms with Gasteiger partial charge in [0.25, 0.3) is 5.91 Å². The minimum atomic E-state index is -0.511. The van der Waals surface area contributed by atoms with Crippen molar-refractivity contribution >= 4 is 17.5 Å². The lowest BCUT2D eigenvalue weighted by atomic mass is 10.0. The molecular formula is C18H17ClFN5O2. The lowest BCUT2D eigenvalue weighted by Crippen LogP contribution is -2.35. The summed E-state index contributed by atoms with van der Waals surface area (Å²) in [6.07, 6.45) is 0. The second kappa shape index (κ2) is 7.81. The van der Waals surface area contributed by atoms with E-state index in [9.17, 15) is 9.18 Å². The Morgan fingerprint density at radius 3 is 2.74 bits per heavy atom. The van der Waals surface area contributed by atoms with Crippen molar-refractivity contribution in [2.24, 2.45) is 0 Å². The van der Waals surface area contributed by atoms with Gasteiger partial charge in [0, 0.05) is 22.2 Å². The van der Waals surface area contributed by atoms with Gasteiger partial charge in [0.2, 0.25) is 0 Å². The van der Waals surface area contributed by atoms with Crippen LogP contribution in [-0.2, 0) is 0 Å². The van der Waals surface area contributed by atoms with E-state index in [0.717, 1.165) is 0 Å². The highest BCUT2D eigenvalue weighted by Crippen LogP contribution is 2.28. The molecule has 27 heavy (non-hydrogen) atoms. The lowest BCUT2D eigenvalue weighted by Gasteiger charge is -2.14. The van der Waals surface area contributed by atoms with Crippen molar-refractivity contribution in [3.63, 3.8) is 0 Å². The third kappa shape index (κ3) is 4.12. The highest BCUT2D eigenvalue weighted by atomic mass is 35.5. The van der Waals surface area contributed by atoms with E-state index in [1.165, 1.54) is 10.7 Å². The van der Waals surface area contributed by atoms with Crippen LogP contribution in [0.25, 0.3) is 16.8 Å². The van der Waals surface area contributed by atoms with E-state index in [0.29, 0.717) is 17.1 Å². The maximum absolute atomic E-state index is 14.4. The smallest absolute Gasteiger partial charge is 0.251 e. The molecule has 0 aliphatic rings. The average Bonchev–Trinajstić information content (AvgIpc) is 3.07. The van der Waals surface area contributed by atoms with Crippen LogP contribution in [0.5, 0.6) is 0 Å². The van der Waals surface area contributed by atoms with Crippen LogP contribution in [-0.4, -0.2) is 43.9 Å². The Kier molecular flexibility index (Phi) is 5.48. The molecule has 0 spiro atoms. The highest BCUT2D eigenvalue weighted by Gasteiger charge is 2.16. The van der Waals surface area contributed by atoms with Crippen molar-refractivity contribution in [1.82, 2.24) is 25.5 Å². The monoisotopic (exact) mass is 389 g/mol. The summed E-state index contributed by atoms with van der Waals surface area (Å²) in [5.74, 6) is -0.401. The molecule has 0 bridgehead atoms. The average molecular weight is 390 g/mol. The molecule has 7 nitrogen and oxygen atoms in total. The molecule has 1 aromatic heterocycles. The molecule has 1 amide bonds. The quantitative estimate of drug-likeness (QED) is 0.699. The molecule has 1 heterocycles. The maximum atomic E-state index is 14.4. The molecule has 2 N–H and O–H groups in total. The molecule has 0 saturated carbocycles. The Balaban J connectivity index is 2.14. The van der Waals surface area contributed by atoms with E-state index >= 15 is 0 Å². The van der Waals surface area contributed by atoms with E-state index in [2.05, 4.69) is 20.8 Å². The first kappa shape index (κ1) is 18.9. The third-order valence-electron chi connectivity index (χ3n) is 3.94. The number of nitrogens with zero attached hydrogens (tertiary/aromatic N) is 4. The number of aliphatic hydroxyl groups is 1. The van der Waals surface area contributed by atoms with Gasteiger partial charge in [0.1, 0.15) is 5.82 Å². The van der Waals surface area contributed by atoms with E-state index in [1.54, 1.807) is 44.2 Å². The first-order chi connectivity index (χ1) is 12.9. The Morgan fingerprint density at radius 2 is 2.11 bits per heavy atom. The summed E-state index contributed by atoms with van der Waals surface area (Å²) in [6.45, 7) is 3.19. The number of carbonyl (C=O) groups is 1. The molecular weight excluding hydrogens is 373 g/mol.